The second-order valence-corrected chi connectivity index (χ2v) is 5.32. The minimum Gasteiger partial charge on any atom is -0.481 e. The number of hydrogen-bond acceptors (Lipinski definition) is 2. The highest BCUT2D eigenvalue weighted by atomic mass is 16.4. The van der Waals surface area contributed by atoms with E-state index < -0.39 is 11.9 Å². The second kappa shape index (κ2) is 6.07. The van der Waals surface area contributed by atoms with Crippen molar-refractivity contribution in [2.75, 3.05) is 13.1 Å². The van der Waals surface area contributed by atoms with Crippen LogP contribution < -0.4 is 5.32 Å². The quantitative estimate of drug-likeness (QED) is 0.809. The number of nitrogens with one attached hydrogen (secondary N) is 1. The van der Waals surface area contributed by atoms with Crippen molar-refractivity contribution in [3.63, 3.8) is 0 Å². The van der Waals surface area contributed by atoms with E-state index in [4.69, 9.17) is 5.11 Å². The Morgan fingerprint density at radius 3 is 2.50 bits per heavy atom. The molecule has 0 aliphatic carbocycles. The number of rotatable bonds is 4. The van der Waals surface area contributed by atoms with E-state index in [-0.39, 0.29) is 11.6 Å². The van der Waals surface area contributed by atoms with Crippen LogP contribution in [0.2, 0.25) is 0 Å². The summed E-state index contributed by atoms with van der Waals surface area (Å²) in [5, 5.41) is 12.0. The number of piperidine rings is 1. The first kappa shape index (κ1) is 14.8. The van der Waals surface area contributed by atoms with E-state index in [1.165, 1.54) is 0 Å². The number of aliphatic carboxylic acids is 1. The summed E-state index contributed by atoms with van der Waals surface area (Å²) >= 11 is 0. The second-order valence-electron chi connectivity index (χ2n) is 5.32. The molecule has 18 heavy (non-hydrogen) atoms. The molecule has 0 aromatic carbocycles. The molecular weight excluding hydrogens is 232 g/mol. The molecule has 5 heteroatoms. The van der Waals surface area contributed by atoms with Crippen molar-refractivity contribution in [2.45, 2.75) is 52.0 Å². The molecule has 2 N–H and O–H groups in total. The fourth-order valence-corrected chi connectivity index (χ4v) is 2.13. The highest BCUT2D eigenvalue weighted by Gasteiger charge is 2.30. The number of carbonyl (C=O) groups is 2. The molecule has 1 atom stereocenters. The Labute approximate surface area is 109 Å². The van der Waals surface area contributed by atoms with E-state index in [2.05, 4.69) is 5.32 Å². The largest absolute Gasteiger partial charge is 0.481 e. The van der Waals surface area contributed by atoms with Crippen molar-refractivity contribution >= 4 is 12.0 Å². The molecule has 1 unspecified atom stereocenters. The molecule has 0 spiro atoms. The highest BCUT2D eigenvalue weighted by Crippen LogP contribution is 2.19. The van der Waals surface area contributed by atoms with Gasteiger partial charge in [0.05, 0.1) is 5.92 Å². The van der Waals surface area contributed by atoms with Crippen LogP contribution in [-0.4, -0.2) is 40.6 Å². The zero-order valence-corrected chi connectivity index (χ0v) is 11.5. The molecule has 0 radical (unpaired) electrons. The van der Waals surface area contributed by atoms with Crippen LogP contribution in [0.25, 0.3) is 0 Å². The van der Waals surface area contributed by atoms with Gasteiger partial charge in [-0.05, 0) is 32.6 Å². The topological polar surface area (TPSA) is 69.6 Å². The van der Waals surface area contributed by atoms with E-state index >= 15 is 0 Å². The molecule has 0 saturated carbocycles. The fraction of sp³-hybridized carbons (Fsp3) is 0.846. The molecule has 1 fully saturated rings. The lowest BCUT2D eigenvalue weighted by Gasteiger charge is -2.35. The summed E-state index contributed by atoms with van der Waals surface area (Å²) in [7, 11) is 0. The molecule has 1 saturated heterocycles. The van der Waals surface area contributed by atoms with Crippen molar-refractivity contribution in [1.82, 2.24) is 10.2 Å². The van der Waals surface area contributed by atoms with Crippen molar-refractivity contribution < 1.29 is 14.7 Å². The molecule has 104 valence electrons. The van der Waals surface area contributed by atoms with Gasteiger partial charge in [-0.15, -0.1) is 0 Å². The monoisotopic (exact) mass is 256 g/mol. The van der Waals surface area contributed by atoms with Crippen molar-refractivity contribution in [3.8, 4) is 0 Å². The van der Waals surface area contributed by atoms with Gasteiger partial charge in [-0.25, -0.2) is 4.79 Å². The number of amides is 2. The third kappa shape index (κ3) is 3.62. The van der Waals surface area contributed by atoms with Gasteiger partial charge in [0.25, 0.3) is 0 Å². The smallest absolute Gasteiger partial charge is 0.317 e. The first-order valence-corrected chi connectivity index (χ1v) is 6.71. The Bertz CT molecular complexity index is 313. The standard InChI is InChI=1S/C13H24N2O3/c1-4-13(3,5-2)14-12(18)15-8-6-7-10(9-15)11(16)17/h10H,4-9H2,1-3H3,(H,14,18)(H,16,17). The van der Waals surface area contributed by atoms with E-state index in [0.717, 1.165) is 19.3 Å². The van der Waals surface area contributed by atoms with E-state index in [1.54, 1.807) is 4.90 Å². The van der Waals surface area contributed by atoms with Gasteiger partial charge >= 0.3 is 12.0 Å². The number of carbonyl (C=O) groups excluding carboxylic acids is 1. The van der Waals surface area contributed by atoms with Gasteiger partial charge in [-0.1, -0.05) is 13.8 Å². The average Bonchev–Trinajstić information content (AvgIpc) is 2.38. The van der Waals surface area contributed by atoms with Crippen molar-refractivity contribution in [2.24, 2.45) is 5.92 Å². The zero-order chi connectivity index (χ0) is 13.8. The predicted molar refractivity (Wildman–Crippen MR) is 69.5 cm³/mol. The summed E-state index contributed by atoms with van der Waals surface area (Å²) in [5.41, 5.74) is -0.201. The summed E-state index contributed by atoms with van der Waals surface area (Å²) in [5.74, 6) is -1.22. The van der Waals surface area contributed by atoms with E-state index in [1.807, 2.05) is 20.8 Å². The average molecular weight is 256 g/mol. The molecular formula is C13H24N2O3. The maximum Gasteiger partial charge on any atom is 0.317 e. The van der Waals surface area contributed by atoms with Gasteiger partial charge in [0.15, 0.2) is 0 Å². The van der Waals surface area contributed by atoms with Crippen LogP contribution in [0.4, 0.5) is 4.79 Å². The molecule has 1 aliphatic heterocycles. The summed E-state index contributed by atoms with van der Waals surface area (Å²) in [6, 6.07) is -0.132. The Morgan fingerprint density at radius 2 is 2.00 bits per heavy atom. The lowest BCUT2D eigenvalue weighted by atomic mass is 9.95. The van der Waals surface area contributed by atoms with Crippen LogP contribution >= 0.6 is 0 Å². The minimum absolute atomic E-state index is 0.132. The summed E-state index contributed by atoms with van der Waals surface area (Å²) in [6.07, 6.45) is 3.16. The number of hydrogen-bond donors (Lipinski definition) is 2. The SMILES string of the molecule is CCC(C)(CC)NC(=O)N1CCCC(C(=O)O)C1. The first-order valence-electron chi connectivity index (χ1n) is 6.71. The van der Waals surface area contributed by atoms with Crippen LogP contribution in [0.5, 0.6) is 0 Å². The predicted octanol–water partition coefficient (Wildman–Crippen LogP) is 2.07. The maximum absolute atomic E-state index is 12.1. The van der Waals surface area contributed by atoms with Crippen molar-refractivity contribution in [1.29, 1.82) is 0 Å². The molecule has 0 bridgehead atoms. The van der Waals surface area contributed by atoms with Crippen LogP contribution in [0.3, 0.4) is 0 Å². The van der Waals surface area contributed by atoms with E-state index in [9.17, 15) is 9.59 Å². The molecule has 2 amide bonds. The Hall–Kier alpha value is -1.26. The number of carboxylic acid groups (broad SMARTS) is 1. The summed E-state index contributed by atoms with van der Waals surface area (Å²) in [6.45, 7) is 7.08. The van der Waals surface area contributed by atoms with Crippen LogP contribution in [0.15, 0.2) is 0 Å². The Balaban J connectivity index is 2.59. The maximum atomic E-state index is 12.1. The molecule has 1 aliphatic rings. The van der Waals surface area contributed by atoms with Gasteiger partial charge < -0.3 is 15.3 Å². The summed E-state index contributed by atoms with van der Waals surface area (Å²) in [4.78, 5) is 24.7. The Kier molecular flexibility index (Phi) is 4.99. The number of carboxylic acids is 1. The lowest BCUT2D eigenvalue weighted by molar-refractivity contribution is -0.143. The van der Waals surface area contributed by atoms with Gasteiger partial charge in [0, 0.05) is 18.6 Å². The lowest BCUT2D eigenvalue weighted by Crippen LogP contribution is -2.53. The van der Waals surface area contributed by atoms with E-state index in [0.29, 0.717) is 19.5 Å². The molecule has 1 rings (SSSR count). The third-order valence-corrected chi connectivity index (χ3v) is 4.03. The molecule has 0 aromatic heterocycles. The first-order chi connectivity index (χ1) is 8.41. The molecule has 1 heterocycles. The van der Waals surface area contributed by atoms with Gasteiger partial charge in [-0.2, -0.15) is 0 Å². The van der Waals surface area contributed by atoms with Crippen LogP contribution in [-0.2, 0) is 4.79 Å². The Morgan fingerprint density at radius 1 is 1.39 bits per heavy atom. The minimum atomic E-state index is -0.804. The van der Waals surface area contributed by atoms with Gasteiger partial charge in [-0.3, -0.25) is 4.79 Å². The van der Waals surface area contributed by atoms with Crippen LogP contribution in [0, 0.1) is 5.92 Å². The number of urea groups is 1. The highest BCUT2D eigenvalue weighted by molar-refractivity contribution is 5.77. The number of nitrogens with zero attached hydrogens (tertiary/aromatic N) is 1. The molecule has 5 nitrogen and oxygen atoms in total. The van der Waals surface area contributed by atoms with Crippen LogP contribution in [0.1, 0.15) is 46.5 Å². The van der Waals surface area contributed by atoms with Crippen molar-refractivity contribution in [3.05, 3.63) is 0 Å². The molecule has 0 aromatic rings. The van der Waals surface area contributed by atoms with Gasteiger partial charge in [0.1, 0.15) is 0 Å². The zero-order valence-electron chi connectivity index (χ0n) is 11.5. The normalized spacial score (nSPS) is 20.6. The fourth-order valence-electron chi connectivity index (χ4n) is 2.13. The van der Waals surface area contributed by atoms with Gasteiger partial charge in [0.2, 0.25) is 0 Å². The summed E-state index contributed by atoms with van der Waals surface area (Å²) < 4.78 is 0. The third-order valence-electron chi connectivity index (χ3n) is 4.03. The number of likely N-dealkylation sites (tertiary alicyclic amines) is 1.